The summed E-state index contributed by atoms with van der Waals surface area (Å²) in [6, 6.07) is 6.37. The van der Waals surface area contributed by atoms with Gasteiger partial charge in [-0.05, 0) is 44.2 Å². The molecule has 6 nitrogen and oxygen atoms in total. The smallest absolute Gasteiger partial charge is 0.191 e. The van der Waals surface area contributed by atoms with Crippen LogP contribution in [0.5, 0.6) is 0 Å². The van der Waals surface area contributed by atoms with E-state index in [2.05, 4.69) is 15.6 Å². The molecular weight excluding hydrogens is 474 g/mol. The second kappa shape index (κ2) is 14.5. The molecule has 2 rings (SSSR count). The number of nitrogens with zero attached hydrogens (tertiary/aromatic N) is 2. The number of hydrogen-bond donors (Lipinski definition) is 2. The van der Waals surface area contributed by atoms with Crippen molar-refractivity contribution in [3.05, 3.63) is 35.1 Å². The van der Waals surface area contributed by atoms with Gasteiger partial charge in [-0.3, -0.25) is 0 Å². The first-order valence-corrected chi connectivity index (χ1v) is 9.59. The number of nitrogens with one attached hydrogen (secondary N) is 2. The second-order valence-corrected chi connectivity index (χ2v) is 6.52. The van der Waals surface area contributed by atoms with Crippen LogP contribution >= 0.6 is 24.0 Å². The molecule has 0 atom stereocenters. The molecule has 0 amide bonds. The Kier molecular flexibility index (Phi) is 12.8. The summed E-state index contributed by atoms with van der Waals surface area (Å²) in [5, 5.41) is 15.2. The lowest BCUT2D eigenvalue weighted by molar-refractivity contribution is 0.0203. The van der Waals surface area contributed by atoms with Gasteiger partial charge in [0.1, 0.15) is 5.82 Å². The Balaban J connectivity index is 0.00000392. The van der Waals surface area contributed by atoms with Gasteiger partial charge in [-0.15, -0.1) is 24.0 Å². The lowest BCUT2D eigenvalue weighted by Gasteiger charge is -2.21. The number of guanidine groups is 1. The van der Waals surface area contributed by atoms with Gasteiger partial charge in [-0.25, -0.2) is 9.38 Å². The third kappa shape index (κ3) is 9.17. The zero-order chi connectivity index (χ0) is 19.3. The Bertz CT molecular complexity index is 646. The number of benzene rings is 1. The van der Waals surface area contributed by atoms with Crippen molar-refractivity contribution in [2.75, 3.05) is 39.5 Å². The normalized spacial score (nSPS) is 14.8. The molecule has 1 saturated heterocycles. The first-order valence-electron chi connectivity index (χ1n) is 9.59. The van der Waals surface area contributed by atoms with Crippen LogP contribution in [0.25, 0.3) is 0 Å². The second-order valence-electron chi connectivity index (χ2n) is 6.52. The highest BCUT2D eigenvalue weighted by molar-refractivity contribution is 14.0. The third-order valence-corrected chi connectivity index (χ3v) is 4.39. The van der Waals surface area contributed by atoms with Gasteiger partial charge in [0.2, 0.25) is 0 Å². The minimum Gasteiger partial charge on any atom is -0.381 e. The fourth-order valence-electron chi connectivity index (χ4n) is 2.80. The van der Waals surface area contributed by atoms with Crippen molar-refractivity contribution in [3.8, 4) is 6.07 Å². The van der Waals surface area contributed by atoms with E-state index in [9.17, 15) is 4.39 Å². The number of halogens is 2. The molecule has 1 fully saturated rings. The Hall–Kier alpha value is -1.44. The minimum absolute atomic E-state index is 0. The van der Waals surface area contributed by atoms with Gasteiger partial charge in [0.25, 0.3) is 0 Å². The van der Waals surface area contributed by atoms with Crippen molar-refractivity contribution >= 4 is 29.9 Å². The molecule has 0 unspecified atom stereocenters. The van der Waals surface area contributed by atoms with Crippen LogP contribution < -0.4 is 10.6 Å². The summed E-state index contributed by atoms with van der Waals surface area (Å²) < 4.78 is 25.0. The van der Waals surface area contributed by atoms with Crippen LogP contribution in [0.4, 0.5) is 4.39 Å². The van der Waals surface area contributed by atoms with E-state index in [1.165, 1.54) is 6.07 Å². The van der Waals surface area contributed by atoms with Crippen molar-refractivity contribution in [1.29, 1.82) is 5.26 Å². The number of hydrogen-bond acceptors (Lipinski definition) is 4. The third-order valence-electron chi connectivity index (χ3n) is 4.39. The average molecular weight is 504 g/mol. The SMILES string of the molecule is CCNC(=NCc1ccc(C#N)cc1F)NCCCOCC1CCOCC1.I. The molecule has 2 N–H and O–H groups in total. The van der Waals surface area contributed by atoms with Gasteiger partial charge < -0.3 is 20.1 Å². The maximum absolute atomic E-state index is 13.9. The van der Waals surface area contributed by atoms with Crippen LogP contribution in [0.1, 0.15) is 37.3 Å². The largest absolute Gasteiger partial charge is 0.381 e. The molecule has 28 heavy (non-hydrogen) atoms. The average Bonchev–Trinajstić information content (AvgIpc) is 2.70. The predicted octanol–water partition coefficient (Wildman–Crippen LogP) is 3.20. The first-order chi connectivity index (χ1) is 13.2. The Morgan fingerprint density at radius 3 is 2.82 bits per heavy atom. The zero-order valence-electron chi connectivity index (χ0n) is 16.4. The number of nitriles is 1. The quantitative estimate of drug-likeness (QED) is 0.234. The fraction of sp³-hybridized carbons (Fsp3) is 0.600. The van der Waals surface area contributed by atoms with Crippen molar-refractivity contribution in [2.24, 2.45) is 10.9 Å². The van der Waals surface area contributed by atoms with E-state index >= 15 is 0 Å². The highest BCUT2D eigenvalue weighted by Crippen LogP contribution is 2.14. The molecule has 8 heteroatoms. The van der Waals surface area contributed by atoms with Crippen LogP contribution in [0, 0.1) is 23.1 Å². The van der Waals surface area contributed by atoms with Gasteiger partial charge in [0.05, 0.1) is 18.2 Å². The first kappa shape index (κ1) is 24.6. The molecule has 1 aliphatic heterocycles. The molecule has 1 aromatic carbocycles. The summed E-state index contributed by atoms with van der Waals surface area (Å²) in [4.78, 5) is 4.41. The molecule has 0 aliphatic carbocycles. The monoisotopic (exact) mass is 504 g/mol. The predicted molar refractivity (Wildman–Crippen MR) is 118 cm³/mol. The van der Waals surface area contributed by atoms with Crippen molar-refractivity contribution in [3.63, 3.8) is 0 Å². The van der Waals surface area contributed by atoms with E-state index in [4.69, 9.17) is 14.7 Å². The minimum atomic E-state index is -0.407. The maximum atomic E-state index is 13.9. The Morgan fingerprint density at radius 2 is 2.14 bits per heavy atom. The molecule has 0 spiro atoms. The number of ether oxygens (including phenoxy) is 2. The van der Waals surface area contributed by atoms with Gasteiger partial charge in [0, 0.05) is 45.1 Å². The van der Waals surface area contributed by atoms with E-state index in [1.54, 1.807) is 12.1 Å². The lowest BCUT2D eigenvalue weighted by atomic mass is 10.0. The van der Waals surface area contributed by atoms with E-state index in [1.807, 2.05) is 13.0 Å². The highest BCUT2D eigenvalue weighted by atomic mass is 127. The van der Waals surface area contributed by atoms with Crippen LogP contribution in [-0.2, 0) is 16.0 Å². The topological polar surface area (TPSA) is 78.7 Å². The summed E-state index contributed by atoms with van der Waals surface area (Å²) in [5.74, 6) is 0.855. The van der Waals surface area contributed by atoms with Crippen molar-refractivity contribution in [1.82, 2.24) is 10.6 Å². The van der Waals surface area contributed by atoms with Crippen LogP contribution in [0.2, 0.25) is 0 Å². The van der Waals surface area contributed by atoms with E-state index in [-0.39, 0.29) is 30.5 Å². The van der Waals surface area contributed by atoms with E-state index in [0.717, 1.165) is 52.2 Å². The molecule has 156 valence electrons. The summed E-state index contributed by atoms with van der Waals surface area (Å²) in [6.45, 7) is 6.85. The highest BCUT2D eigenvalue weighted by Gasteiger charge is 2.13. The van der Waals surface area contributed by atoms with Gasteiger partial charge >= 0.3 is 0 Å². The van der Waals surface area contributed by atoms with E-state index < -0.39 is 5.82 Å². The molecule has 0 aromatic heterocycles. The van der Waals surface area contributed by atoms with Gasteiger partial charge in [0.15, 0.2) is 5.96 Å². The van der Waals surface area contributed by atoms with Crippen molar-refractivity contribution < 1.29 is 13.9 Å². The lowest BCUT2D eigenvalue weighted by Crippen LogP contribution is -2.38. The summed E-state index contributed by atoms with van der Waals surface area (Å²) in [6.07, 6.45) is 3.04. The molecule has 0 saturated carbocycles. The molecule has 1 heterocycles. The number of rotatable bonds is 9. The Morgan fingerprint density at radius 1 is 1.36 bits per heavy atom. The summed E-state index contributed by atoms with van der Waals surface area (Å²) >= 11 is 0. The Labute approximate surface area is 183 Å². The van der Waals surface area contributed by atoms with Crippen LogP contribution in [0.15, 0.2) is 23.2 Å². The molecular formula is C20H30FIN4O2. The zero-order valence-corrected chi connectivity index (χ0v) is 18.7. The summed E-state index contributed by atoms with van der Waals surface area (Å²) in [7, 11) is 0. The van der Waals surface area contributed by atoms with E-state index in [0.29, 0.717) is 29.6 Å². The molecule has 0 radical (unpaired) electrons. The summed E-state index contributed by atoms with van der Waals surface area (Å²) in [5.41, 5.74) is 0.775. The fourth-order valence-corrected chi connectivity index (χ4v) is 2.80. The number of aliphatic imine (C=N–C) groups is 1. The maximum Gasteiger partial charge on any atom is 0.191 e. The molecule has 0 bridgehead atoms. The van der Waals surface area contributed by atoms with Gasteiger partial charge in [-0.2, -0.15) is 5.26 Å². The standard InChI is InChI=1S/C20H29FN4O2.HI/c1-2-23-20(25-14-18-5-4-17(13-22)12-19(18)21)24-8-3-9-27-15-16-6-10-26-11-7-16;/h4-5,12,16H,2-3,6-11,14-15H2,1H3,(H2,23,24,25);1H. The van der Waals surface area contributed by atoms with Gasteiger partial charge in [-0.1, -0.05) is 6.07 Å². The van der Waals surface area contributed by atoms with Crippen LogP contribution in [-0.4, -0.2) is 45.5 Å². The molecule has 1 aliphatic rings. The molecule has 1 aromatic rings. The van der Waals surface area contributed by atoms with Crippen molar-refractivity contribution in [2.45, 2.75) is 32.7 Å². The van der Waals surface area contributed by atoms with Crippen LogP contribution in [0.3, 0.4) is 0 Å².